The fraction of sp³-hybridized carbons (Fsp3) is 1.00. The van der Waals surface area contributed by atoms with E-state index >= 15 is 0 Å². The van der Waals surface area contributed by atoms with Gasteiger partial charge < -0.3 is 20.3 Å². The van der Waals surface area contributed by atoms with Gasteiger partial charge in [0.25, 0.3) is 0 Å². The molecule has 4 nitrogen and oxygen atoms in total. The topological polar surface area (TPSA) is 70.5 Å². The van der Waals surface area contributed by atoms with Crippen LogP contribution in [0.1, 0.15) is 19.8 Å². The van der Waals surface area contributed by atoms with Gasteiger partial charge in [-0.05, 0) is 6.04 Å². The van der Waals surface area contributed by atoms with Crippen LogP contribution in [-0.4, -0.2) is 36.6 Å². The van der Waals surface area contributed by atoms with Crippen molar-refractivity contribution in [3.63, 3.8) is 0 Å². The summed E-state index contributed by atoms with van der Waals surface area (Å²) in [5.74, 6) is 0. The van der Waals surface area contributed by atoms with Gasteiger partial charge in [0.05, 0.1) is 0 Å². The van der Waals surface area contributed by atoms with E-state index in [4.69, 9.17) is 20.3 Å². The first-order valence-corrected chi connectivity index (χ1v) is 6.48. The number of hydrogen-bond donors (Lipinski definition) is 2. The van der Waals surface area contributed by atoms with E-state index in [0.29, 0.717) is 13.1 Å². The second kappa shape index (κ2) is 14.6. The lowest BCUT2D eigenvalue weighted by Gasteiger charge is -2.08. The van der Waals surface area contributed by atoms with E-state index in [9.17, 15) is 0 Å². The van der Waals surface area contributed by atoms with E-state index in [2.05, 4.69) is 6.92 Å². The summed E-state index contributed by atoms with van der Waals surface area (Å²) in [6.45, 7) is 3.37. The summed E-state index contributed by atoms with van der Waals surface area (Å²) in [6.07, 6.45) is 2.47. The second-order valence-electron chi connectivity index (χ2n) is 2.62. The van der Waals surface area contributed by atoms with Crippen LogP contribution >= 0.6 is 0 Å². The Labute approximate surface area is 83.4 Å². The predicted molar refractivity (Wildman–Crippen MR) is 59.0 cm³/mol. The first-order chi connectivity index (χ1) is 6.26. The third kappa shape index (κ3) is 14.9. The summed E-state index contributed by atoms with van der Waals surface area (Å²) in [6, 6.07) is 1.14. The summed E-state index contributed by atoms with van der Waals surface area (Å²) in [5.41, 5.74) is 9.81. The monoisotopic (exact) mass is 208 g/mol. The van der Waals surface area contributed by atoms with Crippen molar-refractivity contribution in [2.45, 2.75) is 25.8 Å². The highest BCUT2D eigenvalue weighted by molar-refractivity contribution is 6.44. The molecule has 0 aliphatic carbocycles. The molecule has 0 aliphatic rings. The maximum Gasteiger partial charge on any atom is 0.320 e. The third-order valence-electron chi connectivity index (χ3n) is 1.49. The van der Waals surface area contributed by atoms with Crippen LogP contribution in [0.4, 0.5) is 0 Å². The molecule has 0 atom stereocenters. The Morgan fingerprint density at radius 2 is 1.54 bits per heavy atom. The molecule has 0 saturated heterocycles. The van der Waals surface area contributed by atoms with Gasteiger partial charge in [0.1, 0.15) is 0 Å². The molecule has 0 aromatic rings. The first-order valence-electron chi connectivity index (χ1n) is 4.72. The van der Waals surface area contributed by atoms with E-state index in [1.54, 1.807) is 14.2 Å². The smallest absolute Gasteiger partial charge is 0.320 e. The van der Waals surface area contributed by atoms with Crippen LogP contribution in [-0.2, 0) is 8.85 Å². The van der Waals surface area contributed by atoms with Crippen molar-refractivity contribution in [2.24, 2.45) is 11.5 Å². The highest BCUT2D eigenvalue weighted by Crippen LogP contribution is 2.01. The molecule has 5 heteroatoms. The molecular weight excluding hydrogens is 184 g/mol. The Morgan fingerprint density at radius 3 is 1.77 bits per heavy atom. The molecule has 4 N–H and O–H groups in total. The number of unbranched alkanes of at least 4 members (excludes halogenated alkanes) is 1. The zero-order valence-corrected chi connectivity index (χ0v) is 10.2. The maximum atomic E-state index is 5.12. The molecule has 0 heterocycles. The average Bonchev–Trinajstić information content (AvgIpc) is 2.20. The largest absolute Gasteiger partial charge is 0.400 e. The van der Waals surface area contributed by atoms with Crippen molar-refractivity contribution in [1.82, 2.24) is 0 Å². The van der Waals surface area contributed by atoms with Crippen molar-refractivity contribution < 1.29 is 8.85 Å². The van der Waals surface area contributed by atoms with Gasteiger partial charge >= 0.3 is 9.28 Å². The second-order valence-corrected chi connectivity index (χ2v) is 5.00. The van der Waals surface area contributed by atoms with Crippen molar-refractivity contribution in [3.8, 4) is 0 Å². The Bertz CT molecular complexity index is 80.5. The van der Waals surface area contributed by atoms with E-state index < -0.39 is 9.28 Å². The fourth-order valence-electron chi connectivity index (χ4n) is 0.703. The van der Waals surface area contributed by atoms with Gasteiger partial charge in [-0.3, -0.25) is 0 Å². The Morgan fingerprint density at radius 1 is 1.08 bits per heavy atom. The normalized spacial score (nSPS) is 9.69. The minimum absolute atomic E-state index is 0.597. The molecule has 13 heavy (non-hydrogen) atoms. The van der Waals surface area contributed by atoms with Gasteiger partial charge in [-0.25, -0.2) is 0 Å². The molecule has 0 aliphatic heterocycles. The van der Waals surface area contributed by atoms with E-state index in [-0.39, 0.29) is 0 Å². The van der Waals surface area contributed by atoms with E-state index in [0.717, 1.165) is 6.04 Å². The lowest BCUT2D eigenvalue weighted by Crippen LogP contribution is -2.18. The van der Waals surface area contributed by atoms with Gasteiger partial charge in [0, 0.05) is 27.3 Å². The fourth-order valence-corrected chi connectivity index (χ4v) is 2.11. The zero-order chi connectivity index (χ0) is 10.5. The summed E-state index contributed by atoms with van der Waals surface area (Å²) in [4.78, 5) is 0. The van der Waals surface area contributed by atoms with E-state index in [1.807, 2.05) is 0 Å². The summed E-state index contributed by atoms with van der Waals surface area (Å²) in [7, 11) is 2.25. The third-order valence-corrected chi connectivity index (χ3v) is 3.42. The van der Waals surface area contributed by atoms with Crippen LogP contribution in [0, 0.1) is 0 Å². The predicted octanol–water partition coefficient (Wildman–Crippen LogP) is 0.204. The SMILES string of the molecule is CCCC[SiH](OC)OC.NCCN. The van der Waals surface area contributed by atoms with Crippen LogP contribution in [0.5, 0.6) is 0 Å². The molecule has 82 valence electrons. The minimum Gasteiger partial charge on any atom is -0.400 e. The highest BCUT2D eigenvalue weighted by Gasteiger charge is 2.06. The quantitative estimate of drug-likeness (QED) is 0.612. The number of rotatable bonds is 6. The molecule has 0 radical (unpaired) electrons. The van der Waals surface area contributed by atoms with Crippen molar-refractivity contribution in [3.05, 3.63) is 0 Å². The Kier molecular flexibility index (Phi) is 17.4. The molecule has 0 aromatic heterocycles. The van der Waals surface area contributed by atoms with Crippen molar-refractivity contribution in [1.29, 1.82) is 0 Å². The number of hydrogen-bond acceptors (Lipinski definition) is 4. The summed E-state index contributed by atoms with van der Waals surface area (Å²) >= 11 is 0. The van der Waals surface area contributed by atoms with Gasteiger partial charge in [-0.2, -0.15) is 0 Å². The molecule has 0 aromatic carbocycles. The highest BCUT2D eigenvalue weighted by atomic mass is 28.3. The van der Waals surface area contributed by atoms with Gasteiger partial charge in [-0.1, -0.05) is 19.8 Å². The van der Waals surface area contributed by atoms with Crippen LogP contribution < -0.4 is 11.5 Å². The lowest BCUT2D eigenvalue weighted by atomic mass is 10.4. The van der Waals surface area contributed by atoms with Crippen LogP contribution in [0.3, 0.4) is 0 Å². The minimum atomic E-state index is -1.21. The number of nitrogens with two attached hydrogens (primary N) is 2. The van der Waals surface area contributed by atoms with E-state index in [1.165, 1.54) is 12.8 Å². The maximum absolute atomic E-state index is 5.12. The Balaban J connectivity index is 0. The molecule has 0 bridgehead atoms. The molecule has 0 amide bonds. The Hall–Kier alpha value is 0.0569. The van der Waals surface area contributed by atoms with Gasteiger partial charge in [0.2, 0.25) is 0 Å². The standard InChI is InChI=1S/C6H16O2Si.C2H8N2/c1-4-5-6-9(7-2)8-3;3-1-2-4/h9H,4-6H2,1-3H3;1-4H2. The molecule has 0 unspecified atom stereocenters. The zero-order valence-electron chi connectivity index (χ0n) is 9.08. The van der Waals surface area contributed by atoms with Gasteiger partial charge in [-0.15, -0.1) is 0 Å². The van der Waals surface area contributed by atoms with Crippen LogP contribution in [0.15, 0.2) is 0 Å². The molecule has 0 rings (SSSR count). The van der Waals surface area contributed by atoms with Crippen molar-refractivity contribution >= 4 is 9.28 Å². The molecule has 0 spiro atoms. The molecule has 0 saturated carbocycles. The summed E-state index contributed by atoms with van der Waals surface area (Å²) < 4.78 is 10.2. The van der Waals surface area contributed by atoms with Crippen LogP contribution in [0.2, 0.25) is 6.04 Å². The van der Waals surface area contributed by atoms with Crippen molar-refractivity contribution in [2.75, 3.05) is 27.3 Å². The summed E-state index contributed by atoms with van der Waals surface area (Å²) in [5, 5.41) is 0. The van der Waals surface area contributed by atoms with Gasteiger partial charge in [0.15, 0.2) is 0 Å². The average molecular weight is 208 g/mol. The van der Waals surface area contributed by atoms with Crippen LogP contribution in [0.25, 0.3) is 0 Å². The molecule has 0 fully saturated rings. The first kappa shape index (κ1) is 15.5. The lowest BCUT2D eigenvalue weighted by molar-refractivity contribution is 0.276. The molecular formula is C8H24N2O2Si.